The van der Waals surface area contributed by atoms with Gasteiger partial charge in [0.15, 0.2) is 0 Å². The van der Waals surface area contributed by atoms with Crippen LogP contribution in [0.25, 0.3) is 0 Å². The van der Waals surface area contributed by atoms with Crippen LogP contribution in [0.5, 0.6) is 0 Å². The minimum Gasteiger partial charge on any atom is -0.478 e. The largest absolute Gasteiger partial charge is 0.478 e. The summed E-state index contributed by atoms with van der Waals surface area (Å²) in [4.78, 5) is 21.4. The van der Waals surface area contributed by atoms with Crippen molar-refractivity contribution < 1.29 is 19.8 Å². The lowest BCUT2D eigenvalue weighted by molar-refractivity contribution is 0.0679. The molecule has 0 atom stereocenters. The third kappa shape index (κ3) is 1.74. The predicted molar refractivity (Wildman–Crippen MR) is 49.8 cm³/mol. The van der Waals surface area contributed by atoms with Gasteiger partial charge >= 0.3 is 11.9 Å². The summed E-state index contributed by atoms with van der Waals surface area (Å²) in [6, 6.07) is 2.75. The molecule has 0 aliphatic rings. The molecule has 74 valence electrons. The van der Waals surface area contributed by atoms with Crippen LogP contribution in [-0.2, 0) is 0 Å². The quantitative estimate of drug-likeness (QED) is 0.751. The van der Waals surface area contributed by atoms with E-state index in [1.165, 1.54) is 12.1 Å². The molecule has 0 bridgehead atoms. The van der Waals surface area contributed by atoms with Crippen molar-refractivity contribution in [2.45, 2.75) is 13.8 Å². The topological polar surface area (TPSA) is 74.6 Å². The van der Waals surface area contributed by atoms with E-state index in [-0.39, 0.29) is 11.1 Å². The Bertz CT molecular complexity index is 367. The highest BCUT2D eigenvalue weighted by Crippen LogP contribution is 2.16. The zero-order valence-electron chi connectivity index (χ0n) is 7.87. The summed E-state index contributed by atoms with van der Waals surface area (Å²) >= 11 is 0. The molecular formula is C10H10O4. The van der Waals surface area contributed by atoms with Crippen LogP contribution >= 0.6 is 0 Å². The Morgan fingerprint density at radius 3 is 1.43 bits per heavy atom. The van der Waals surface area contributed by atoms with E-state index in [9.17, 15) is 9.59 Å². The summed E-state index contributed by atoms with van der Waals surface area (Å²) in [6.45, 7) is 3.16. The zero-order valence-corrected chi connectivity index (χ0v) is 7.87. The van der Waals surface area contributed by atoms with Crippen molar-refractivity contribution in [3.63, 3.8) is 0 Å². The molecule has 0 fully saturated rings. The Hall–Kier alpha value is -1.84. The van der Waals surface area contributed by atoms with Crippen molar-refractivity contribution in [2.75, 3.05) is 0 Å². The number of aryl methyl sites for hydroxylation is 2. The molecular weight excluding hydrogens is 184 g/mol. The van der Waals surface area contributed by atoms with Crippen LogP contribution in [0.15, 0.2) is 12.1 Å². The van der Waals surface area contributed by atoms with E-state index in [1.54, 1.807) is 13.8 Å². The molecule has 1 rings (SSSR count). The lowest BCUT2D eigenvalue weighted by atomic mass is 10.0. The van der Waals surface area contributed by atoms with Gasteiger partial charge in [-0.1, -0.05) is 0 Å². The first-order chi connectivity index (χ1) is 6.43. The van der Waals surface area contributed by atoms with Crippen LogP contribution in [0.4, 0.5) is 0 Å². The number of hydrogen-bond donors (Lipinski definition) is 2. The van der Waals surface area contributed by atoms with Gasteiger partial charge in [-0.15, -0.1) is 0 Å². The van der Waals surface area contributed by atoms with E-state index < -0.39 is 11.9 Å². The second-order valence-corrected chi connectivity index (χ2v) is 3.09. The number of rotatable bonds is 2. The lowest BCUT2D eigenvalue weighted by Crippen LogP contribution is -2.06. The zero-order chi connectivity index (χ0) is 10.9. The fraction of sp³-hybridized carbons (Fsp3) is 0.200. The van der Waals surface area contributed by atoms with Gasteiger partial charge in [0.05, 0.1) is 11.1 Å². The Balaban J connectivity index is 3.38. The second-order valence-electron chi connectivity index (χ2n) is 3.09. The monoisotopic (exact) mass is 194 g/mol. The minimum absolute atomic E-state index is 0.146. The van der Waals surface area contributed by atoms with Crippen LogP contribution in [-0.4, -0.2) is 22.2 Å². The Labute approximate surface area is 80.8 Å². The number of carbonyl (C=O) groups is 2. The van der Waals surface area contributed by atoms with Crippen LogP contribution in [0.1, 0.15) is 31.8 Å². The summed E-state index contributed by atoms with van der Waals surface area (Å²) < 4.78 is 0. The average Bonchev–Trinajstić information content (AvgIpc) is 2.07. The number of carboxylic acids is 2. The van der Waals surface area contributed by atoms with E-state index in [0.29, 0.717) is 11.1 Å². The van der Waals surface area contributed by atoms with Gasteiger partial charge in [-0.3, -0.25) is 0 Å². The third-order valence-electron chi connectivity index (χ3n) is 2.03. The first-order valence-electron chi connectivity index (χ1n) is 4.01. The molecule has 0 aliphatic heterocycles. The summed E-state index contributed by atoms with van der Waals surface area (Å²) in [5.74, 6) is -2.08. The normalized spacial score (nSPS) is 9.86. The molecule has 0 unspecified atom stereocenters. The van der Waals surface area contributed by atoms with Crippen molar-refractivity contribution in [1.82, 2.24) is 0 Å². The third-order valence-corrected chi connectivity index (χ3v) is 2.03. The van der Waals surface area contributed by atoms with E-state index in [0.717, 1.165) is 0 Å². The van der Waals surface area contributed by atoms with E-state index >= 15 is 0 Å². The highest BCUT2D eigenvalue weighted by atomic mass is 16.4. The molecule has 0 saturated carbocycles. The van der Waals surface area contributed by atoms with E-state index in [2.05, 4.69) is 0 Å². The number of benzene rings is 1. The summed E-state index contributed by atoms with van der Waals surface area (Å²) in [5, 5.41) is 17.5. The molecule has 2 N–H and O–H groups in total. The first-order valence-corrected chi connectivity index (χ1v) is 4.01. The van der Waals surface area contributed by atoms with Crippen LogP contribution in [0.2, 0.25) is 0 Å². The summed E-state index contributed by atoms with van der Waals surface area (Å²) in [5.41, 5.74) is 1.21. The Morgan fingerprint density at radius 1 is 0.929 bits per heavy atom. The fourth-order valence-electron chi connectivity index (χ4n) is 1.28. The molecule has 0 aromatic heterocycles. The maximum absolute atomic E-state index is 10.7. The molecule has 1 aromatic rings. The number of aromatic carboxylic acids is 2. The molecule has 0 radical (unpaired) electrons. The molecule has 1 aromatic carbocycles. The van der Waals surface area contributed by atoms with Gasteiger partial charge in [-0.25, -0.2) is 9.59 Å². The molecule has 4 heteroatoms. The molecule has 0 saturated heterocycles. The summed E-state index contributed by atoms with van der Waals surface area (Å²) in [7, 11) is 0. The van der Waals surface area contributed by atoms with Gasteiger partial charge < -0.3 is 10.2 Å². The van der Waals surface area contributed by atoms with Crippen molar-refractivity contribution >= 4 is 11.9 Å². The molecule has 0 aliphatic carbocycles. The second kappa shape index (κ2) is 3.49. The van der Waals surface area contributed by atoms with Gasteiger partial charge in [0.2, 0.25) is 0 Å². The van der Waals surface area contributed by atoms with Crippen molar-refractivity contribution in [2.24, 2.45) is 0 Å². The molecule has 0 heterocycles. The minimum atomic E-state index is -1.04. The molecule has 0 amide bonds. The van der Waals surface area contributed by atoms with Crippen LogP contribution < -0.4 is 0 Å². The van der Waals surface area contributed by atoms with E-state index in [1.807, 2.05) is 0 Å². The van der Waals surface area contributed by atoms with Crippen molar-refractivity contribution in [3.05, 3.63) is 34.4 Å². The van der Waals surface area contributed by atoms with Gasteiger partial charge in [0.1, 0.15) is 0 Å². The lowest BCUT2D eigenvalue weighted by Gasteiger charge is -2.05. The van der Waals surface area contributed by atoms with Gasteiger partial charge in [0, 0.05) is 0 Å². The smallest absolute Gasteiger partial charge is 0.335 e. The van der Waals surface area contributed by atoms with Crippen LogP contribution in [0.3, 0.4) is 0 Å². The number of hydrogen-bond acceptors (Lipinski definition) is 2. The molecule has 14 heavy (non-hydrogen) atoms. The van der Waals surface area contributed by atoms with Gasteiger partial charge in [0.25, 0.3) is 0 Å². The number of carboxylic acid groups (broad SMARTS) is 2. The van der Waals surface area contributed by atoms with E-state index in [4.69, 9.17) is 10.2 Å². The standard InChI is InChI=1S/C10H10O4/c1-5-3-8(10(13)14)6(2)4-7(5)9(11)12/h3-4H,1-2H3,(H,11,12)(H,13,14). The molecule has 0 spiro atoms. The fourth-order valence-corrected chi connectivity index (χ4v) is 1.28. The SMILES string of the molecule is Cc1cc(C(=O)O)c(C)cc1C(=O)O. The predicted octanol–water partition coefficient (Wildman–Crippen LogP) is 1.70. The average molecular weight is 194 g/mol. The van der Waals surface area contributed by atoms with Crippen molar-refractivity contribution in [3.8, 4) is 0 Å². The van der Waals surface area contributed by atoms with Crippen molar-refractivity contribution in [1.29, 1.82) is 0 Å². The maximum Gasteiger partial charge on any atom is 0.335 e. The van der Waals surface area contributed by atoms with Gasteiger partial charge in [-0.05, 0) is 37.1 Å². The van der Waals surface area contributed by atoms with Gasteiger partial charge in [-0.2, -0.15) is 0 Å². The Kier molecular flexibility index (Phi) is 2.56. The highest BCUT2D eigenvalue weighted by Gasteiger charge is 2.13. The van der Waals surface area contributed by atoms with Crippen LogP contribution in [0, 0.1) is 13.8 Å². The maximum atomic E-state index is 10.7. The first kappa shape index (κ1) is 10.2. The Morgan fingerprint density at radius 2 is 1.21 bits per heavy atom. The summed E-state index contributed by atoms with van der Waals surface area (Å²) in [6.07, 6.45) is 0. The highest BCUT2D eigenvalue weighted by molar-refractivity contribution is 5.94. The molecule has 4 nitrogen and oxygen atoms in total.